The molecule has 10 heteroatoms. The summed E-state index contributed by atoms with van der Waals surface area (Å²) in [5, 5.41) is 18.1. The topological polar surface area (TPSA) is 90.1 Å². The van der Waals surface area contributed by atoms with Gasteiger partial charge in [0.1, 0.15) is 11.4 Å². The summed E-state index contributed by atoms with van der Waals surface area (Å²) in [7, 11) is 0. The number of benzene rings is 2. The lowest BCUT2D eigenvalue weighted by Crippen LogP contribution is -2.16. The number of nitrogens with zero attached hydrogens (tertiary/aromatic N) is 3. The van der Waals surface area contributed by atoms with E-state index in [0.29, 0.717) is 15.6 Å². The predicted octanol–water partition coefficient (Wildman–Crippen LogP) is 4.41. The SMILES string of the molecule is O=C(Cc1c(Cl)cccc1Cl)Nc1cc(-n2cccn2)c(F)cc1[N+](=O)[O-]. The monoisotopic (exact) mass is 408 g/mol. The standard InChI is InChI=1S/C17H11Cl2FN4O3/c18-11-3-1-4-12(19)10(11)7-17(25)22-14-9-15(23-6-2-5-21-23)13(20)8-16(14)24(26)27/h1-6,8-9H,7H2,(H,22,25). The van der Waals surface area contributed by atoms with Gasteiger partial charge >= 0.3 is 0 Å². The first-order valence-electron chi connectivity index (χ1n) is 7.57. The first kappa shape index (κ1) is 18.8. The second-order valence-electron chi connectivity index (χ2n) is 5.45. The van der Waals surface area contributed by atoms with Crippen LogP contribution in [0.1, 0.15) is 5.56 Å². The molecule has 0 fully saturated rings. The summed E-state index contributed by atoms with van der Waals surface area (Å²) < 4.78 is 15.4. The Balaban J connectivity index is 1.94. The van der Waals surface area contributed by atoms with E-state index >= 15 is 0 Å². The highest BCUT2D eigenvalue weighted by atomic mass is 35.5. The summed E-state index contributed by atoms with van der Waals surface area (Å²) in [4.78, 5) is 22.8. The highest BCUT2D eigenvalue weighted by Gasteiger charge is 2.22. The maximum absolute atomic E-state index is 14.2. The Kier molecular flexibility index (Phi) is 5.38. The van der Waals surface area contributed by atoms with E-state index in [-0.39, 0.29) is 17.8 Å². The van der Waals surface area contributed by atoms with Crippen molar-refractivity contribution in [3.05, 3.63) is 80.3 Å². The van der Waals surface area contributed by atoms with Crippen molar-refractivity contribution in [1.29, 1.82) is 0 Å². The minimum absolute atomic E-state index is 0.0447. The number of nitro groups is 1. The van der Waals surface area contributed by atoms with Crippen LogP contribution < -0.4 is 5.32 Å². The lowest BCUT2D eigenvalue weighted by molar-refractivity contribution is -0.384. The van der Waals surface area contributed by atoms with Gasteiger partial charge in [0.25, 0.3) is 5.69 Å². The van der Waals surface area contributed by atoms with Crippen molar-refractivity contribution in [1.82, 2.24) is 9.78 Å². The third-order valence-corrected chi connectivity index (χ3v) is 4.39. The Morgan fingerprint density at radius 1 is 1.26 bits per heavy atom. The molecule has 0 aliphatic rings. The van der Waals surface area contributed by atoms with Crippen LogP contribution in [0.5, 0.6) is 0 Å². The molecule has 0 spiro atoms. The van der Waals surface area contributed by atoms with Crippen LogP contribution in [0.2, 0.25) is 10.0 Å². The van der Waals surface area contributed by atoms with Gasteiger partial charge in [0.2, 0.25) is 5.91 Å². The number of hydrogen-bond donors (Lipinski definition) is 1. The van der Waals surface area contributed by atoms with E-state index in [1.54, 1.807) is 24.3 Å². The molecule has 0 saturated carbocycles. The van der Waals surface area contributed by atoms with Gasteiger partial charge in [-0.25, -0.2) is 9.07 Å². The van der Waals surface area contributed by atoms with Crippen LogP contribution in [0, 0.1) is 15.9 Å². The lowest BCUT2D eigenvalue weighted by Gasteiger charge is -2.11. The Morgan fingerprint density at radius 3 is 2.56 bits per heavy atom. The molecular formula is C17H11Cl2FN4O3. The van der Waals surface area contributed by atoms with Crippen LogP contribution in [-0.4, -0.2) is 20.6 Å². The summed E-state index contributed by atoms with van der Waals surface area (Å²) >= 11 is 12.1. The molecule has 0 unspecified atom stereocenters. The van der Waals surface area contributed by atoms with Crippen molar-refractivity contribution in [2.45, 2.75) is 6.42 Å². The molecule has 0 aliphatic carbocycles. The average Bonchev–Trinajstić information content (AvgIpc) is 3.13. The van der Waals surface area contributed by atoms with Gasteiger partial charge in [0.05, 0.1) is 17.4 Å². The Labute approximate surface area is 162 Å². The molecule has 1 aromatic heterocycles. The Morgan fingerprint density at radius 2 is 1.96 bits per heavy atom. The number of anilines is 1. The minimum atomic E-state index is -0.849. The van der Waals surface area contributed by atoms with E-state index in [4.69, 9.17) is 23.2 Å². The fraction of sp³-hybridized carbons (Fsp3) is 0.0588. The summed E-state index contributed by atoms with van der Waals surface area (Å²) in [6.07, 6.45) is 2.70. The Bertz CT molecular complexity index is 1010. The zero-order valence-electron chi connectivity index (χ0n) is 13.5. The van der Waals surface area contributed by atoms with Crippen molar-refractivity contribution >= 4 is 40.5 Å². The highest BCUT2D eigenvalue weighted by molar-refractivity contribution is 6.36. The lowest BCUT2D eigenvalue weighted by atomic mass is 10.1. The minimum Gasteiger partial charge on any atom is -0.320 e. The molecule has 3 aromatic rings. The quantitative estimate of drug-likeness (QED) is 0.500. The third kappa shape index (κ3) is 4.07. The highest BCUT2D eigenvalue weighted by Crippen LogP contribution is 2.30. The number of nitro benzene ring substituents is 1. The smallest absolute Gasteiger partial charge is 0.295 e. The summed E-state index contributed by atoms with van der Waals surface area (Å²) in [6, 6.07) is 8.23. The fourth-order valence-electron chi connectivity index (χ4n) is 2.45. The maximum Gasteiger partial charge on any atom is 0.295 e. The molecule has 138 valence electrons. The fourth-order valence-corrected chi connectivity index (χ4v) is 2.98. The van der Waals surface area contributed by atoms with Crippen molar-refractivity contribution in [3.63, 3.8) is 0 Å². The number of aromatic nitrogens is 2. The molecule has 7 nitrogen and oxygen atoms in total. The molecule has 27 heavy (non-hydrogen) atoms. The predicted molar refractivity (Wildman–Crippen MR) is 99.0 cm³/mol. The van der Waals surface area contributed by atoms with E-state index in [1.807, 2.05) is 0 Å². The first-order valence-corrected chi connectivity index (χ1v) is 8.33. The van der Waals surface area contributed by atoms with Crippen molar-refractivity contribution < 1.29 is 14.1 Å². The van der Waals surface area contributed by atoms with Crippen LogP contribution in [-0.2, 0) is 11.2 Å². The molecule has 1 heterocycles. The number of hydrogen-bond acceptors (Lipinski definition) is 4. The van der Waals surface area contributed by atoms with E-state index < -0.39 is 22.3 Å². The van der Waals surface area contributed by atoms with Crippen LogP contribution >= 0.6 is 23.2 Å². The van der Waals surface area contributed by atoms with Crippen LogP contribution in [0.15, 0.2) is 48.8 Å². The largest absolute Gasteiger partial charge is 0.320 e. The molecule has 0 radical (unpaired) electrons. The molecule has 1 amide bonds. The van der Waals surface area contributed by atoms with Crippen LogP contribution in [0.25, 0.3) is 5.69 Å². The molecule has 2 aromatic carbocycles. The first-order chi connectivity index (χ1) is 12.9. The number of carbonyl (C=O) groups is 1. The van der Waals surface area contributed by atoms with E-state index in [1.165, 1.54) is 17.1 Å². The van der Waals surface area contributed by atoms with E-state index in [9.17, 15) is 19.3 Å². The van der Waals surface area contributed by atoms with Crippen molar-refractivity contribution in [3.8, 4) is 5.69 Å². The van der Waals surface area contributed by atoms with E-state index in [2.05, 4.69) is 10.4 Å². The zero-order chi connectivity index (χ0) is 19.6. The summed E-state index contributed by atoms with van der Waals surface area (Å²) in [5.74, 6) is -1.44. The van der Waals surface area contributed by atoms with E-state index in [0.717, 1.165) is 12.1 Å². The van der Waals surface area contributed by atoms with Gasteiger partial charge in [-0.2, -0.15) is 5.10 Å². The Hall–Kier alpha value is -2.97. The number of rotatable bonds is 5. The third-order valence-electron chi connectivity index (χ3n) is 3.69. The van der Waals surface area contributed by atoms with Crippen LogP contribution in [0.3, 0.4) is 0 Å². The molecule has 1 N–H and O–H groups in total. The van der Waals surface area contributed by atoms with Crippen LogP contribution in [0.4, 0.5) is 15.8 Å². The van der Waals surface area contributed by atoms with Gasteiger partial charge in [-0.15, -0.1) is 0 Å². The number of nitrogens with one attached hydrogen (secondary N) is 1. The maximum atomic E-state index is 14.2. The molecule has 0 saturated heterocycles. The van der Waals surface area contributed by atoms with Gasteiger partial charge < -0.3 is 5.32 Å². The second-order valence-corrected chi connectivity index (χ2v) is 6.27. The molecule has 0 aliphatic heterocycles. The van der Waals surface area contributed by atoms with Gasteiger partial charge in [0.15, 0.2) is 5.82 Å². The number of amides is 1. The van der Waals surface area contributed by atoms with Crippen molar-refractivity contribution in [2.75, 3.05) is 5.32 Å². The summed E-state index contributed by atoms with van der Waals surface area (Å²) in [6.45, 7) is 0. The molecule has 0 bridgehead atoms. The molecule has 3 rings (SSSR count). The summed E-state index contributed by atoms with van der Waals surface area (Å²) in [5.41, 5.74) is -0.408. The average molecular weight is 409 g/mol. The zero-order valence-corrected chi connectivity index (χ0v) is 15.0. The van der Waals surface area contributed by atoms with Gasteiger partial charge in [-0.05, 0) is 29.8 Å². The molecular weight excluding hydrogens is 398 g/mol. The van der Waals surface area contributed by atoms with Crippen molar-refractivity contribution in [2.24, 2.45) is 0 Å². The van der Waals surface area contributed by atoms with Gasteiger partial charge in [-0.1, -0.05) is 29.3 Å². The molecule has 0 atom stereocenters. The normalized spacial score (nSPS) is 10.6. The van der Waals surface area contributed by atoms with Gasteiger partial charge in [0, 0.05) is 22.4 Å². The number of halogens is 3. The second kappa shape index (κ2) is 7.73. The number of carbonyl (C=O) groups excluding carboxylic acids is 1. The van der Waals surface area contributed by atoms with Gasteiger partial charge in [-0.3, -0.25) is 14.9 Å².